The van der Waals surface area contributed by atoms with Gasteiger partial charge in [0.25, 0.3) is 0 Å². The van der Waals surface area contributed by atoms with E-state index in [4.69, 9.17) is 4.74 Å². The lowest BCUT2D eigenvalue weighted by Gasteiger charge is -2.09. The van der Waals surface area contributed by atoms with E-state index in [2.05, 4.69) is 27.2 Å². The Kier molecular flexibility index (Phi) is 6.10. The van der Waals surface area contributed by atoms with Crippen molar-refractivity contribution in [2.24, 2.45) is 0 Å². The minimum Gasteiger partial charge on any atom is -0.492 e. The molecule has 0 fully saturated rings. The molecule has 0 amide bonds. The van der Waals surface area contributed by atoms with Crippen LogP contribution in [0.25, 0.3) is 0 Å². The summed E-state index contributed by atoms with van der Waals surface area (Å²) in [7, 11) is 0. The molecule has 4 heteroatoms. The molecule has 1 aromatic heterocycles. The summed E-state index contributed by atoms with van der Waals surface area (Å²) in [6.07, 6.45) is 3.19. The molecule has 0 aliphatic carbocycles. The normalized spacial score (nSPS) is 10.3. The van der Waals surface area contributed by atoms with Gasteiger partial charge < -0.3 is 4.74 Å². The third kappa shape index (κ3) is 4.43. The molecule has 0 aliphatic heterocycles. The molecule has 84 valence electrons. The van der Waals surface area contributed by atoms with Crippen molar-refractivity contribution in [3.05, 3.63) is 23.5 Å². The molecule has 0 spiro atoms. The van der Waals surface area contributed by atoms with Crippen molar-refractivity contribution in [1.82, 2.24) is 4.98 Å². The smallest absolute Gasteiger partial charge is 0.141 e. The molecule has 1 heterocycles. The molecule has 0 radical (unpaired) electrons. The van der Waals surface area contributed by atoms with Crippen molar-refractivity contribution in [2.75, 3.05) is 18.6 Å². The topological polar surface area (TPSA) is 22.1 Å². The van der Waals surface area contributed by atoms with Gasteiger partial charge in [-0.2, -0.15) is 11.8 Å². The molecule has 1 rings (SSSR count). The van der Waals surface area contributed by atoms with Crippen LogP contribution < -0.4 is 4.74 Å². The van der Waals surface area contributed by atoms with E-state index in [9.17, 15) is 0 Å². The largest absolute Gasteiger partial charge is 0.492 e. The number of hydrogen-bond acceptors (Lipinski definition) is 3. The van der Waals surface area contributed by atoms with Gasteiger partial charge in [0.2, 0.25) is 0 Å². The standard InChI is InChI=1S/C11H16BrNOS/c1-9-4-5-11(10(8-12)13-9)14-6-3-7-15-2/h4-5H,3,6-8H2,1-2H3. The Balaban J connectivity index is 2.52. The Labute approximate surface area is 104 Å². The average Bonchev–Trinajstić information content (AvgIpc) is 2.26. The fourth-order valence-electron chi connectivity index (χ4n) is 1.21. The highest BCUT2D eigenvalue weighted by Gasteiger charge is 2.03. The van der Waals surface area contributed by atoms with E-state index in [1.807, 2.05) is 30.8 Å². The first-order valence-corrected chi connectivity index (χ1v) is 7.43. The van der Waals surface area contributed by atoms with Crippen LogP contribution in [0, 0.1) is 6.92 Å². The zero-order chi connectivity index (χ0) is 11.1. The third-order valence-corrected chi connectivity index (χ3v) is 3.18. The summed E-state index contributed by atoms with van der Waals surface area (Å²) < 4.78 is 5.68. The minimum atomic E-state index is 0.743. The van der Waals surface area contributed by atoms with E-state index in [0.29, 0.717) is 0 Å². The van der Waals surface area contributed by atoms with Gasteiger partial charge in [-0.05, 0) is 37.5 Å². The summed E-state index contributed by atoms with van der Waals surface area (Å²) in [5.41, 5.74) is 2.01. The second-order valence-corrected chi connectivity index (χ2v) is 4.77. The summed E-state index contributed by atoms with van der Waals surface area (Å²) in [5.74, 6) is 2.04. The number of rotatable bonds is 6. The highest BCUT2D eigenvalue weighted by Crippen LogP contribution is 2.19. The van der Waals surface area contributed by atoms with Gasteiger partial charge in [-0.25, -0.2) is 0 Å². The van der Waals surface area contributed by atoms with Crippen LogP contribution in [0.3, 0.4) is 0 Å². The Morgan fingerprint density at radius 1 is 1.47 bits per heavy atom. The fourth-order valence-corrected chi connectivity index (χ4v) is 2.02. The molecule has 2 nitrogen and oxygen atoms in total. The number of pyridine rings is 1. The molecule has 0 bridgehead atoms. The van der Waals surface area contributed by atoms with Crippen molar-refractivity contribution in [1.29, 1.82) is 0 Å². The Morgan fingerprint density at radius 2 is 2.27 bits per heavy atom. The zero-order valence-electron chi connectivity index (χ0n) is 9.12. The lowest BCUT2D eigenvalue weighted by Crippen LogP contribution is -2.02. The van der Waals surface area contributed by atoms with Gasteiger partial charge in [-0.15, -0.1) is 0 Å². The SMILES string of the molecule is CSCCCOc1ccc(C)nc1CBr. The predicted octanol–water partition coefficient (Wildman–Crippen LogP) is 3.42. The number of ether oxygens (including phenoxy) is 1. The number of aryl methyl sites for hydroxylation is 1. The van der Waals surface area contributed by atoms with Crippen LogP contribution in [0.2, 0.25) is 0 Å². The van der Waals surface area contributed by atoms with Crippen molar-refractivity contribution < 1.29 is 4.74 Å². The van der Waals surface area contributed by atoms with Gasteiger partial charge >= 0.3 is 0 Å². The molecular weight excluding hydrogens is 274 g/mol. The van der Waals surface area contributed by atoms with E-state index in [1.165, 1.54) is 0 Å². The summed E-state index contributed by atoms with van der Waals surface area (Å²) >= 11 is 5.26. The molecule has 0 unspecified atom stereocenters. The maximum Gasteiger partial charge on any atom is 0.141 e. The van der Waals surface area contributed by atoms with Gasteiger partial charge in [-0.1, -0.05) is 15.9 Å². The van der Waals surface area contributed by atoms with E-state index in [0.717, 1.165) is 41.2 Å². The molecule has 1 aromatic rings. The molecular formula is C11H16BrNOS. The van der Waals surface area contributed by atoms with Crippen LogP contribution in [-0.2, 0) is 5.33 Å². The fraction of sp³-hybridized carbons (Fsp3) is 0.545. The molecule has 0 N–H and O–H groups in total. The van der Waals surface area contributed by atoms with Crippen LogP contribution >= 0.6 is 27.7 Å². The maximum absolute atomic E-state index is 5.68. The number of aromatic nitrogens is 1. The van der Waals surface area contributed by atoms with E-state index >= 15 is 0 Å². The molecule has 0 aliphatic rings. The highest BCUT2D eigenvalue weighted by atomic mass is 79.9. The van der Waals surface area contributed by atoms with Gasteiger partial charge in [0.05, 0.1) is 12.3 Å². The monoisotopic (exact) mass is 289 g/mol. The lowest BCUT2D eigenvalue weighted by molar-refractivity contribution is 0.314. The van der Waals surface area contributed by atoms with Crippen LogP contribution in [0.5, 0.6) is 5.75 Å². The van der Waals surface area contributed by atoms with Crippen molar-refractivity contribution in [2.45, 2.75) is 18.7 Å². The van der Waals surface area contributed by atoms with Crippen LogP contribution in [-0.4, -0.2) is 23.6 Å². The van der Waals surface area contributed by atoms with Crippen molar-refractivity contribution >= 4 is 27.7 Å². The first-order valence-electron chi connectivity index (χ1n) is 4.92. The Hall–Kier alpha value is -0.220. The predicted molar refractivity (Wildman–Crippen MR) is 70.1 cm³/mol. The molecule has 0 saturated heterocycles. The van der Waals surface area contributed by atoms with E-state index < -0.39 is 0 Å². The van der Waals surface area contributed by atoms with E-state index in [1.54, 1.807) is 0 Å². The van der Waals surface area contributed by atoms with Crippen molar-refractivity contribution in [3.8, 4) is 5.75 Å². The number of hydrogen-bond donors (Lipinski definition) is 0. The molecule has 0 saturated carbocycles. The summed E-state index contributed by atoms with van der Waals surface area (Å²) in [6, 6.07) is 3.98. The molecule has 0 aromatic carbocycles. The number of alkyl halides is 1. The van der Waals surface area contributed by atoms with Gasteiger partial charge in [0, 0.05) is 11.0 Å². The van der Waals surface area contributed by atoms with Crippen LogP contribution in [0.1, 0.15) is 17.8 Å². The second kappa shape index (κ2) is 7.12. The zero-order valence-corrected chi connectivity index (χ0v) is 11.5. The van der Waals surface area contributed by atoms with Gasteiger partial charge in [-0.3, -0.25) is 4.98 Å². The average molecular weight is 290 g/mol. The Morgan fingerprint density at radius 3 is 2.93 bits per heavy atom. The maximum atomic E-state index is 5.68. The Bertz CT molecular complexity index is 307. The first kappa shape index (κ1) is 12.8. The highest BCUT2D eigenvalue weighted by molar-refractivity contribution is 9.08. The van der Waals surface area contributed by atoms with Gasteiger partial charge in [0.15, 0.2) is 0 Å². The lowest BCUT2D eigenvalue weighted by atomic mass is 10.3. The van der Waals surface area contributed by atoms with Crippen molar-refractivity contribution in [3.63, 3.8) is 0 Å². The first-order chi connectivity index (χ1) is 7.27. The number of nitrogens with zero attached hydrogens (tertiary/aromatic N) is 1. The number of thioether (sulfide) groups is 1. The minimum absolute atomic E-state index is 0.743. The molecule has 0 atom stereocenters. The summed E-state index contributed by atoms with van der Waals surface area (Å²) in [4.78, 5) is 4.41. The second-order valence-electron chi connectivity index (χ2n) is 3.23. The van der Waals surface area contributed by atoms with Gasteiger partial charge in [0.1, 0.15) is 5.75 Å². The third-order valence-electron chi connectivity index (χ3n) is 1.95. The summed E-state index contributed by atoms with van der Waals surface area (Å²) in [6.45, 7) is 2.76. The van der Waals surface area contributed by atoms with E-state index in [-0.39, 0.29) is 0 Å². The number of halogens is 1. The summed E-state index contributed by atoms with van der Waals surface area (Å²) in [5, 5.41) is 0.743. The molecule has 15 heavy (non-hydrogen) atoms. The quantitative estimate of drug-likeness (QED) is 0.592. The van der Waals surface area contributed by atoms with Crippen LogP contribution in [0.15, 0.2) is 12.1 Å². The van der Waals surface area contributed by atoms with Crippen LogP contribution in [0.4, 0.5) is 0 Å².